The highest BCUT2D eigenvalue weighted by atomic mass is 35.5. The average Bonchev–Trinajstić information content (AvgIpc) is 3.12. The largest absolute Gasteiger partial charge is 0.452 e. The lowest BCUT2D eigenvalue weighted by atomic mass is 10.2. The summed E-state index contributed by atoms with van der Waals surface area (Å²) in [5, 5.41) is 0.0147. The van der Waals surface area contributed by atoms with Gasteiger partial charge in [-0.15, -0.1) is 0 Å². The number of likely N-dealkylation sites (tertiary alicyclic amines) is 1. The van der Waals surface area contributed by atoms with Crippen molar-refractivity contribution in [2.75, 3.05) is 26.2 Å². The van der Waals surface area contributed by atoms with E-state index in [1.54, 1.807) is 0 Å². The first kappa shape index (κ1) is 20.8. The number of carbonyl (C=O) groups is 3. The maximum atomic E-state index is 12.9. The van der Waals surface area contributed by atoms with E-state index in [-0.39, 0.29) is 21.4 Å². The van der Waals surface area contributed by atoms with Crippen molar-refractivity contribution in [2.24, 2.45) is 0 Å². The summed E-state index contributed by atoms with van der Waals surface area (Å²) in [4.78, 5) is 36.7. The molecule has 2 fully saturated rings. The molecule has 152 valence electrons. The van der Waals surface area contributed by atoms with Crippen molar-refractivity contribution >= 4 is 39.4 Å². The van der Waals surface area contributed by atoms with Crippen molar-refractivity contribution in [3.63, 3.8) is 0 Å². The molecule has 2 saturated heterocycles. The van der Waals surface area contributed by atoms with Gasteiger partial charge in [-0.2, -0.15) is 4.31 Å². The molecule has 0 unspecified atom stereocenters. The molecule has 10 heteroatoms. The Bertz CT molecular complexity index is 895. The average molecular weight is 429 g/mol. The Morgan fingerprint density at radius 3 is 2.43 bits per heavy atom. The molecule has 0 aliphatic carbocycles. The van der Waals surface area contributed by atoms with Crippen molar-refractivity contribution in [2.45, 2.75) is 37.0 Å². The maximum Gasteiger partial charge on any atom is 0.338 e. The molecule has 1 aromatic carbocycles. The van der Waals surface area contributed by atoms with Gasteiger partial charge in [0.05, 0.1) is 10.6 Å². The molecule has 3 rings (SSSR count). The van der Waals surface area contributed by atoms with Gasteiger partial charge >= 0.3 is 5.97 Å². The number of hydrogen-bond donors (Lipinski definition) is 0. The lowest BCUT2D eigenvalue weighted by Gasteiger charge is -2.26. The Labute approximate surface area is 168 Å². The van der Waals surface area contributed by atoms with Crippen LogP contribution in [0.5, 0.6) is 0 Å². The Morgan fingerprint density at radius 1 is 1.07 bits per heavy atom. The van der Waals surface area contributed by atoms with Crippen LogP contribution < -0.4 is 0 Å². The molecule has 0 aromatic heterocycles. The Morgan fingerprint density at radius 2 is 1.79 bits per heavy atom. The topological polar surface area (TPSA) is 101 Å². The molecule has 1 aromatic rings. The second-order valence-electron chi connectivity index (χ2n) is 6.73. The minimum Gasteiger partial charge on any atom is -0.452 e. The molecule has 2 aliphatic heterocycles. The summed E-state index contributed by atoms with van der Waals surface area (Å²) in [5.41, 5.74) is -0.0273. The highest BCUT2D eigenvalue weighted by Crippen LogP contribution is 2.28. The summed E-state index contributed by atoms with van der Waals surface area (Å²) in [6.07, 6.45) is 3.41. The number of esters is 1. The van der Waals surface area contributed by atoms with Crippen LogP contribution in [0.15, 0.2) is 23.1 Å². The molecule has 0 atom stereocenters. The summed E-state index contributed by atoms with van der Waals surface area (Å²) in [6.45, 7) is 0.549. The molecule has 8 nitrogen and oxygen atoms in total. The van der Waals surface area contributed by atoms with Gasteiger partial charge in [0.15, 0.2) is 6.61 Å². The van der Waals surface area contributed by atoms with Crippen molar-refractivity contribution in [3.05, 3.63) is 28.8 Å². The van der Waals surface area contributed by atoms with Crippen LogP contribution in [0.3, 0.4) is 0 Å². The molecule has 0 saturated carbocycles. The number of carbonyl (C=O) groups excluding carboxylic acids is 3. The van der Waals surface area contributed by atoms with Gasteiger partial charge in [0.1, 0.15) is 4.90 Å². The zero-order valence-electron chi connectivity index (χ0n) is 15.2. The smallest absolute Gasteiger partial charge is 0.338 e. The SMILES string of the molecule is O=C(OCC(=O)N1CCCC1=O)c1ccc(Cl)c(S(=O)(=O)N2CCCCC2)c1. The minimum atomic E-state index is -3.83. The number of imide groups is 1. The lowest BCUT2D eigenvalue weighted by molar-refractivity contribution is -0.143. The van der Waals surface area contributed by atoms with Crippen molar-refractivity contribution < 1.29 is 27.5 Å². The highest BCUT2D eigenvalue weighted by molar-refractivity contribution is 7.89. The Balaban J connectivity index is 1.72. The summed E-state index contributed by atoms with van der Waals surface area (Å²) >= 11 is 6.08. The molecule has 2 aliphatic rings. The van der Waals surface area contributed by atoms with Crippen molar-refractivity contribution in [1.82, 2.24) is 9.21 Å². The van der Waals surface area contributed by atoms with E-state index >= 15 is 0 Å². The van der Waals surface area contributed by atoms with Crippen LogP contribution in [-0.4, -0.2) is 61.6 Å². The molecule has 0 N–H and O–H groups in total. The fourth-order valence-corrected chi connectivity index (χ4v) is 5.29. The zero-order chi connectivity index (χ0) is 20.3. The van der Waals surface area contributed by atoms with Gasteiger partial charge in [0.2, 0.25) is 15.9 Å². The number of ether oxygens (including phenoxy) is 1. The van der Waals surface area contributed by atoms with Gasteiger partial charge in [0, 0.05) is 26.1 Å². The second-order valence-corrected chi connectivity index (χ2v) is 9.04. The van der Waals surface area contributed by atoms with E-state index in [9.17, 15) is 22.8 Å². The summed E-state index contributed by atoms with van der Waals surface area (Å²) in [5.74, 6) is -1.74. The minimum absolute atomic E-state index is 0.0147. The third-order valence-electron chi connectivity index (χ3n) is 4.80. The normalized spacial score (nSPS) is 18.3. The molecule has 0 spiro atoms. The van der Waals surface area contributed by atoms with Gasteiger partial charge in [0.25, 0.3) is 5.91 Å². The first-order valence-corrected chi connectivity index (χ1v) is 10.9. The molecular weight excluding hydrogens is 408 g/mol. The second kappa shape index (κ2) is 8.59. The van der Waals surface area contributed by atoms with Gasteiger partial charge in [-0.05, 0) is 37.5 Å². The predicted molar refractivity (Wildman–Crippen MR) is 100 cm³/mol. The number of piperidine rings is 1. The molecular formula is C18H21ClN2O6S. The van der Waals surface area contributed by atoms with E-state index in [1.165, 1.54) is 22.5 Å². The summed E-state index contributed by atoms with van der Waals surface area (Å²) < 4.78 is 32.0. The third-order valence-corrected chi connectivity index (χ3v) is 7.18. The van der Waals surface area contributed by atoms with Crippen molar-refractivity contribution in [1.29, 1.82) is 0 Å². The number of halogens is 1. The fraction of sp³-hybridized carbons (Fsp3) is 0.500. The van der Waals surface area contributed by atoms with Gasteiger partial charge in [-0.3, -0.25) is 14.5 Å². The number of benzene rings is 1. The van der Waals surface area contributed by atoms with Gasteiger partial charge in [-0.25, -0.2) is 13.2 Å². The first-order chi connectivity index (χ1) is 13.3. The number of rotatable bonds is 5. The van der Waals surface area contributed by atoms with Gasteiger partial charge < -0.3 is 4.74 Å². The number of sulfonamides is 1. The summed E-state index contributed by atoms with van der Waals surface area (Å²) in [7, 11) is -3.83. The number of hydrogen-bond acceptors (Lipinski definition) is 6. The molecule has 28 heavy (non-hydrogen) atoms. The van der Waals surface area contributed by atoms with Crippen LogP contribution in [0, 0.1) is 0 Å². The van der Waals surface area contributed by atoms with Crippen LogP contribution in [0.1, 0.15) is 42.5 Å². The zero-order valence-corrected chi connectivity index (χ0v) is 16.8. The van der Waals surface area contributed by atoms with Crippen LogP contribution in [0.25, 0.3) is 0 Å². The first-order valence-electron chi connectivity index (χ1n) is 9.11. The molecule has 2 amide bonds. The van der Waals surface area contributed by atoms with Gasteiger partial charge in [-0.1, -0.05) is 18.0 Å². The molecule has 2 heterocycles. The van der Waals surface area contributed by atoms with E-state index < -0.39 is 28.5 Å². The van der Waals surface area contributed by atoms with Crippen LogP contribution in [0.4, 0.5) is 0 Å². The fourth-order valence-electron chi connectivity index (χ4n) is 3.27. The van der Waals surface area contributed by atoms with Crippen LogP contribution in [0.2, 0.25) is 5.02 Å². The Kier molecular flexibility index (Phi) is 6.36. The van der Waals surface area contributed by atoms with Crippen molar-refractivity contribution in [3.8, 4) is 0 Å². The highest BCUT2D eigenvalue weighted by Gasteiger charge is 2.30. The summed E-state index contributed by atoms with van der Waals surface area (Å²) in [6, 6.07) is 3.83. The number of amides is 2. The van der Waals surface area contributed by atoms with E-state index in [0.717, 1.165) is 24.2 Å². The lowest BCUT2D eigenvalue weighted by Crippen LogP contribution is -2.36. The quantitative estimate of drug-likeness (QED) is 0.663. The Hall–Kier alpha value is -1.97. The molecule has 0 radical (unpaired) electrons. The van der Waals surface area contributed by atoms with Crippen LogP contribution in [-0.2, 0) is 24.3 Å². The molecule has 0 bridgehead atoms. The number of nitrogens with zero attached hydrogens (tertiary/aromatic N) is 2. The van der Waals surface area contributed by atoms with E-state index in [4.69, 9.17) is 16.3 Å². The van der Waals surface area contributed by atoms with Crippen LogP contribution >= 0.6 is 11.6 Å². The van der Waals surface area contributed by atoms with E-state index in [1.807, 2.05) is 0 Å². The predicted octanol–water partition coefficient (Wildman–Crippen LogP) is 1.82. The monoisotopic (exact) mass is 428 g/mol. The third kappa shape index (κ3) is 4.37. The standard InChI is InChI=1S/C18H21ClN2O6S/c19-14-7-6-13(11-15(14)28(25,26)20-8-2-1-3-9-20)18(24)27-12-17(23)21-10-4-5-16(21)22/h6-7,11H,1-5,8-10,12H2. The maximum absolute atomic E-state index is 12.9. The van der Waals surface area contributed by atoms with E-state index in [2.05, 4.69) is 0 Å². The van der Waals surface area contributed by atoms with E-state index in [0.29, 0.717) is 32.5 Å².